The quantitative estimate of drug-likeness (QED) is 0.635. The van der Waals surface area contributed by atoms with E-state index in [1.165, 1.54) is 19.3 Å². The highest BCUT2D eigenvalue weighted by molar-refractivity contribution is 4.84. The second-order valence-corrected chi connectivity index (χ2v) is 5.11. The maximum Gasteiger partial charge on any atom is 0.0544 e. The SMILES string of the molecule is CCC1(CCC(C)C(C)C)COC1. The summed E-state index contributed by atoms with van der Waals surface area (Å²) in [5.41, 5.74) is 0.559. The van der Waals surface area contributed by atoms with E-state index in [2.05, 4.69) is 27.7 Å². The average molecular weight is 184 g/mol. The molecule has 0 bridgehead atoms. The highest BCUT2D eigenvalue weighted by Gasteiger charge is 2.36. The van der Waals surface area contributed by atoms with E-state index in [9.17, 15) is 0 Å². The van der Waals surface area contributed by atoms with Gasteiger partial charge in [-0.3, -0.25) is 0 Å². The van der Waals surface area contributed by atoms with Crippen molar-refractivity contribution in [3.8, 4) is 0 Å². The molecule has 0 spiro atoms. The summed E-state index contributed by atoms with van der Waals surface area (Å²) >= 11 is 0. The molecule has 0 aliphatic carbocycles. The minimum absolute atomic E-state index is 0.559. The lowest BCUT2D eigenvalue weighted by molar-refractivity contribution is -0.121. The summed E-state index contributed by atoms with van der Waals surface area (Å²) in [5.74, 6) is 1.69. The van der Waals surface area contributed by atoms with Gasteiger partial charge in [-0.25, -0.2) is 0 Å². The highest BCUT2D eigenvalue weighted by atomic mass is 16.5. The van der Waals surface area contributed by atoms with E-state index in [1.54, 1.807) is 0 Å². The van der Waals surface area contributed by atoms with Crippen LogP contribution in [0.2, 0.25) is 0 Å². The van der Waals surface area contributed by atoms with E-state index < -0.39 is 0 Å². The summed E-state index contributed by atoms with van der Waals surface area (Å²) in [6.45, 7) is 11.3. The van der Waals surface area contributed by atoms with Crippen molar-refractivity contribution in [1.82, 2.24) is 0 Å². The van der Waals surface area contributed by atoms with Gasteiger partial charge in [0.2, 0.25) is 0 Å². The van der Waals surface area contributed by atoms with Gasteiger partial charge >= 0.3 is 0 Å². The fourth-order valence-corrected chi connectivity index (χ4v) is 1.78. The molecule has 0 radical (unpaired) electrons. The Labute approximate surface area is 82.9 Å². The molecule has 0 aromatic carbocycles. The zero-order chi connectivity index (χ0) is 9.90. The van der Waals surface area contributed by atoms with Crippen molar-refractivity contribution < 1.29 is 4.74 Å². The minimum atomic E-state index is 0.559. The summed E-state index contributed by atoms with van der Waals surface area (Å²) in [6, 6.07) is 0. The number of rotatable bonds is 5. The minimum Gasteiger partial charge on any atom is -0.380 e. The third-order valence-electron chi connectivity index (χ3n) is 3.83. The van der Waals surface area contributed by atoms with Crippen LogP contribution in [0.4, 0.5) is 0 Å². The molecule has 1 fully saturated rings. The molecule has 13 heavy (non-hydrogen) atoms. The first-order valence-electron chi connectivity index (χ1n) is 5.67. The molecule has 1 atom stereocenters. The predicted octanol–water partition coefficient (Wildman–Crippen LogP) is 3.49. The largest absolute Gasteiger partial charge is 0.380 e. The van der Waals surface area contributed by atoms with Crippen LogP contribution in [-0.4, -0.2) is 13.2 Å². The summed E-state index contributed by atoms with van der Waals surface area (Å²) < 4.78 is 5.32. The topological polar surface area (TPSA) is 9.23 Å². The van der Waals surface area contributed by atoms with Crippen molar-refractivity contribution in [3.63, 3.8) is 0 Å². The van der Waals surface area contributed by atoms with Crippen LogP contribution in [-0.2, 0) is 4.74 Å². The number of hydrogen-bond acceptors (Lipinski definition) is 1. The van der Waals surface area contributed by atoms with Gasteiger partial charge in [0.1, 0.15) is 0 Å². The van der Waals surface area contributed by atoms with Crippen LogP contribution < -0.4 is 0 Å². The standard InChI is InChI=1S/C12H24O/c1-5-12(8-13-9-12)7-6-11(4)10(2)3/h10-11H,5-9H2,1-4H3. The van der Waals surface area contributed by atoms with Gasteiger partial charge in [-0.2, -0.15) is 0 Å². The summed E-state index contributed by atoms with van der Waals surface area (Å²) in [5, 5.41) is 0. The lowest BCUT2D eigenvalue weighted by atomic mass is 9.76. The Kier molecular flexibility index (Phi) is 3.78. The van der Waals surface area contributed by atoms with Gasteiger partial charge in [0.05, 0.1) is 13.2 Å². The first kappa shape index (κ1) is 11.0. The first-order valence-corrected chi connectivity index (χ1v) is 5.67. The lowest BCUT2D eigenvalue weighted by Crippen LogP contribution is -2.42. The van der Waals surface area contributed by atoms with E-state index in [1.807, 2.05) is 0 Å². The van der Waals surface area contributed by atoms with Crippen molar-refractivity contribution in [2.45, 2.75) is 47.0 Å². The Bertz CT molecular complexity index is 142. The molecule has 0 aromatic heterocycles. The van der Waals surface area contributed by atoms with Crippen LogP contribution in [0.15, 0.2) is 0 Å². The summed E-state index contributed by atoms with van der Waals surface area (Å²) in [6.07, 6.45) is 4.02. The molecular weight excluding hydrogens is 160 g/mol. The molecule has 1 unspecified atom stereocenters. The van der Waals surface area contributed by atoms with Crippen LogP contribution in [0, 0.1) is 17.3 Å². The van der Waals surface area contributed by atoms with Crippen molar-refractivity contribution >= 4 is 0 Å². The Morgan fingerprint density at radius 3 is 2.15 bits per heavy atom. The molecular formula is C12H24O. The molecule has 1 saturated heterocycles. The van der Waals surface area contributed by atoms with E-state index in [-0.39, 0.29) is 0 Å². The first-order chi connectivity index (χ1) is 6.09. The lowest BCUT2D eigenvalue weighted by Gasteiger charge is -2.41. The van der Waals surface area contributed by atoms with Gasteiger partial charge < -0.3 is 4.74 Å². The second-order valence-electron chi connectivity index (χ2n) is 5.11. The monoisotopic (exact) mass is 184 g/mol. The third kappa shape index (κ3) is 2.70. The maximum absolute atomic E-state index is 5.32. The molecule has 0 amide bonds. The van der Waals surface area contributed by atoms with Crippen molar-refractivity contribution in [2.24, 2.45) is 17.3 Å². The Balaban J connectivity index is 2.24. The van der Waals surface area contributed by atoms with E-state index in [0.29, 0.717) is 5.41 Å². The summed E-state index contributed by atoms with van der Waals surface area (Å²) in [7, 11) is 0. The van der Waals surface area contributed by atoms with Gasteiger partial charge in [0.25, 0.3) is 0 Å². The molecule has 1 heterocycles. The molecule has 1 aliphatic rings. The van der Waals surface area contributed by atoms with Crippen LogP contribution >= 0.6 is 0 Å². The molecule has 0 aromatic rings. The third-order valence-corrected chi connectivity index (χ3v) is 3.83. The van der Waals surface area contributed by atoms with Gasteiger partial charge in [0, 0.05) is 5.41 Å². The number of hydrogen-bond donors (Lipinski definition) is 0. The van der Waals surface area contributed by atoms with E-state index in [0.717, 1.165) is 25.0 Å². The van der Waals surface area contributed by atoms with Crippen LogP contribution in [0.5, 0.6) is 0 Å². The second kappa shape index (κ2) is 4.45. The van der Waals surface area contributed by atoms with Gasteiger partial charge in [0.15, 0.2) is 0 Å². The van der Waals surface area contributed by atoms with Crippen molar-refractivity contribution in [1.29, 1.82) is 0 Å². The molecule has 0 N–H and O–H groups in total. The number of ether oxygens (including phenoxy) is 1. The zero-order valence-electron chi connectivity index (χ0n) is 9.60. The fraction of sp³-hybridized carbons (Fsp3) is 1.00. The van der Waals surface area contributed by atoms with Crippen molar-refractivity contribution in [3.05, 3.63) is 0 Å². The molecule has 78 valence electrons. The smallest absolute Gasteiger partial charge is 0.0544 e. The van der Waals surface area contributed by atoms with Gasteiger partial charge in [-0.1, -0.05) is 27.7 Å². The summed E-state index contributed by atoms with van der Waals surface area (Å²) in [4.78, 5) is 0. The van der Waals surface area contributed by atoms with Crippen LogP contribution in [0.3, 0.4) is 0 Å². The van der Waals surface area contributed by atoms with E-state index >= 15 is 0 Å². The average Bonchev–Trinajstić information content (AvgIpc) is 2.02. The highest BCUT2D eigenvalue weighted by Crippen LogP contribution is 2.37. The zero-order valence-corrected chi connectivity index (χ0v) is 9.60. The molecule has 1 nitrogen and oxygen atoms in total. The van der Waals surface area contributed by atoms with Crippen LogP contribution in [0.25, 0.3) is 0 Å². The van der Waals surface area contributed by atoms with Crippen molar-refractivity contribution in [2.75, 3.05) is 13.2 Å². The predicted molar refractivity (Wildman–Crippen MR) is 56.8 cm³/mol. The Morgan fingerprint density at radius 2 is 1.85 bits per heavy atom. The van der Waals surface area contributed by atoms with Crippen LogP contribution in [0.1, 0.15) is 47.0 Å². The van der Waals surface area contributed by atoms with Gasteiger partial charge in [-0.05, 0) is 31.1 Å². The normalized spacial score (nSPS) is 22.8. The maximum atomic E-state index is 5.32. The molecule has 1 rings (SSSR count). The molecule has 1 aliphatic heterocycles. The van der Waals surface area contributed by atoms with E-state index in [4.69, 9.17) is 4.74 Å². The van der Waals surface area contributed by atoms with Gasteiger partial charge in [-0.15, -0.1) is 0 Å². The Hall–Kier alpha value is -0.0400. The Morgan fingerprint density at radius 1 is 1.23 bits per heavy atom. The fourth-order valence-electron chi connectivity index (χ4n) is 1.78. The molecule has 0 saturated carbocycles. The molecule has 1 heteroatoms.